The van der Waals surface area contributed by atoms with Gasteiger partial charge >= 0.3 is 0 Å². The van der Waals surface area contributed by atoms with Gasteiger partial charge in [0, 0.05) is 41.6 Å². The number of benzene rings is 3. The molecule has 1 aromatic heterocycles. The summed E-state index contributed by atoms with van der Waals surface area (Å²) >= 11 is 12.4. The first-order chi connectivity index (χ1) is 21.4. The highest BCUT2D eigenvalue weighted by Gasteiger charge is 2.24. The topological polar surface area (TPSA) is 110 Å². The van der Waals surface area contributed by atoms with Gasteiger partial charge in [-0.2, -0.15) is 0 Å². The van der Waals surface area contributed by atoms with Crippen molar-refractivity contribution >= 4 is 40.5 Å². The van der Waals surface area contributed by atoms with Crippen LogP contribution in [0, 0.1) is 0 Å². The maximum absolute atomic E-state index is 13.7. The van der Waals surface area contributed by atoms with Crippen molar-refractivity contribution in [3.63, 3.8) is 0 Å². The lowest BCUT2D eigenvalue weighted by atomic mass is 10.0. The number of aromatic nitrogens is 2. The summed E-state index contributed by atoms with van der Waals surface area (Å²) in [7, 11) is 0. The Bertz CT molecular complexity index is 1710. The minimum absolute atomic E-state index is 0.113. The monoisotopic (exact) mass is 632 g/mol. The van der Waals surface area contributed by atoms with E-state index >= 15 is 0 Å². The molecule has 0 saturated carbocycles. The van der Waals surface area contributed by atoms with Crippen LogP contribution in [-0.2, 0) is 16.0 Å². The maximum Gasteiger partial charge on any atom is 0.254 e. The van der Waals surface area contributed by atoms with Crippen LogP contribution in [0.25, 0.3) is 11.3 Å². The first-order valence-electron chi connectivity index (χ1n) is 14.2. The number of hydrogen-bond acceptors (Lipinski definition) is 8. The number of carbonyl (C=O) groups excluding carboxylic acids is 1. The zero-order chi connectivity index (χ0) is 30.5. The minimum atomic E-state index is -0.866. The molecule has 1 atom stereocenters. The molecule has 3 heterocycles. The Kier molecular flexibility index (Phi) is 9.13. The molecule has 1 saturated heterocycles. The molecule has 0 unspecified atom stereocenters. The summed E-state index contributed by atoms with van der Waals surface area (Å²) in [6.45, 7) is 1.38. The molecule has 44 heavy (non-hydrogen) atoms. The summed E-state index contributed by atoms with van der Waals surface area (Å²) in [5, 5.41) is 5.49. The van der Waals surface area contributed by atoms with Crippen molar-refractivity contribution in [1.29, 1.82) is 0 Å². The van der Waals surface area contributed by atoms with Crippen LogP contribution in [0.1, 0.15) is 24.4 Å². The van der Waals surface area contributed by atoms with Crippen LogP contribution in [0.4, 0.5) is 11.4 Å². The van der Waals surface area contributed by atoms with Gasteiger partial charge in [-0.25, -0.2) is 4.98 Å². The molecule has 226 valence electrons. The van der Waals surface area contributed by atoms with Gasteiger partial charge in [-0.3, -0.25) is 24.6 Å². The van der Waals surface area contributed by atoms with E-state index < -0.39 is 11.6 Å². The van der Waals surface area contributed by atoms with E-state index in [2.05, 4.69) is 21.3 Å². The number of anilines is 2. The van der Waals surface area contributed by atoms with E-state index in [1.807, 2.05) is 42.5 Å². The number of ether oxygens (including phenoxy) is 2. The number of carbonyl (C=O) groups is 1. The predicted molar refractivity (Wildman–Crippen MR) is 170 cm³/mol. The number of amides is 1. The van der Waals surface area contributed by atoms with Crippen LogP contribution in [0.5, 0.6) is 5.75 Å². The average Bonchev–Trinajstić information content (AvgIpc) is 3.48. The van der Waals surface area contributed by atoms with Gasteiger partial charge in [0.1, 0.15) is 23.1 Å². The molecule has 4 aromatic rings. The Morgan fingerprint density at radius 1 is 1.05 bits per heavy atom. The molecular formula is C32H30Cl2N6O4. The van der Waals surface area contributed by atoms with E-state index in [0.29, 0.717) is 46.0 Å². The molecule has 6 rings (SSSR count). The van der Waals surface area contributed by atoms with Crippen LogP contribution < -0.4 is 31.6 Å². The molecule has 1 fully saturated rings. The number of nitrogens with one attached hydrogen (secondary N) is 3. The van der Waals surface area contributed by atoms with Crippen molar-refractivity contribution in [2.75, 3.05) is 23.5 Å². The molecule has 2 aliphatic rings. The number of hydrazine groups is 2. The summed E-state index contributed by atoms with van der Waals surface area (Å²) in [6, 6.07) is 22.5. The SMILES string of the molecule is O=C(Nc1ccc(OC2CCOCC2)cc1)[C@H](Cc1ccccc1)n1cnc(-c2cc(Cl)ccc2N2C=C(Cl)NN2)cc1=O. The van der Waals surface area contributed by atoms with E-state index in [9.17, 15) is 9.59 Å². The molecule has 2 aliphatic heterocycles. The van der Waals surface area contributed by atoms with Gasteiger partial charge in [-0.05, 0) is 48.0 Å². The number of halogens is 2. The van der Waals surface area contributed by atoms with Crippen LogP contribution in [0.15, 0.2) is 101 Å². The van der Waals surface area contributed by atoms with Crippen molar-refractivity contribution in [3.05, 3.63) is 117 Å². The third-order valence-corrected chi connectivity index (χ3v) is 7.80. The van der Waals surface area contributed by atoms with E-state index in [1.165, 1.54) is 17.0 Å². The smallest absolute Gasteiger partial charge is 0.254 e. The van der Waals surface area contributed by atoms with E-state index in [0.717, 1.165) is 24.2 Å². The van der Waals surface area contributed by atoms with Gasteiger partial charge in [-0.15, -0.1) is 5.53 Å². The highest BCUT2D eigenvalue weighted by Crippen LogP contribution is 2.33. The molecule has 3 N–H and O–H groups in total. The molecule has 10 nitrogen and oxygen atoms in total. The lowest BCUT2D eigenvalue weighted by Crippen LogP contribution is -2.36. The van der Waals surface area contributed by atoms with Gasteiger partial charge in [0.15, 0.2) is 0 Å². The first-order valence-corrected chi connectivity index (χ1v) is 14.9. The summed E-state index contributed by atoms with van der Waals surface area (Å²) < 4.78 is 12.8. The number of hydrogen-bond donors (Lipinski definition) is 3. The third kappa shape index (κ3) is 7.06. The summed E-state index contributed by atoms with van der Waals surface area (Å²) in [5.74, 6) is 0.379. The number of nitrogens with zero attached hydrogens (tertiary/aromatic N) is 3. The van der Waals surface area contributed by atoms with E-state index in [-0.39, 0.29) is 18.4 Å². The molecule has 0 aliphatic carbocycles. The Balaban J connectivity index is 1.26. The molecular weight excluding hydrogens is 603 g/mol. The Hall–Kier alpha value is -4.35. The van der Waals surface area contributed by atoms with Crippen LogP contribution in [-0.4, -0.2) is 34.8 Å². The van der Waals surface area contributed by atoms with Gasteiger partial charge in [-0.1, -0.05) is 53.5 Å². The second-order valence-corrected chi connectivity index (χ2v) is 11.3. The number of rotatable bonds is 9. The minimum Gasteiger partial charge on any atom is -0.490 e. The lowest BCUT2D eigenvalue weighted by molar-refractivity contribution is -0.119. The van der Waals surface area contributed by atoms with Crippen molar-refractivity contribution in [2.45, 2.75) is 31.4 Å². The first kappa shape index (κ1) is 29.7. The molecule has 12 heteroatoms. The second-order valence-electron chi connectivity index (χ2n) is 10.4. The van der Waals surface area contributed by atoms with Crippen molar-refractivity contribution in [1.82, 2.24) is 20.5 Å². The van der Waals surface area contributed by atoms with E-state index in [1.54, 1.807) is 41.5 Å². The van der Waals surface area contributed by atoms with Crippen molar-refractivity contribution < 1.29 is 14.3 Å². The van der Waals surface area contributed by atoms with Crippen LogP contribution in [0.3, 0.4) is 0 Å². The fourth-order valence-electron chi connectivity index (χ4n) is 5.12. The van der Waals surface area contributed by atoms with Gasteiger partial charge in [0.2, 0.25) is 5.91 Å². The molecule has 3 aromatic carbocycles. The van der Waals surface area contributed by atoms with Gasteiger partial charge in [0.05, 0.1) is 37.1 Å². The average molecular weight is 634 g/mol. The second kappa shape index (κ2) is 13.5. The van der Waals surface area contributed by atoms with Crippen LogP contribution >= 0.6 is 23.2 Å². The zero-order valence-corrected chi connectivity index (χ0v) is 25.1. The largest absolute Gasteiger partial charge is 0.490 e. The van der Waals surface area contributed by atoms with Crippen molar-refractivity contribution in [3.8, 4) is 17.0 Å². The molecule has 0 radical (unpaired) electrons. The lowest BCUT2D eigenvalue weighted by Gasteiger charge is -2.23. The zero-order valence-electron chi connectivity index (χ0n) is 23.6. The quantitative estimate of drug-likeness (QED) is 0.210. The Labute approximate surface area is 264 Å². The summed E-state index contributed by atoms with van der Waals surface area (Å²) in [5.41, 5.74) is 8.49. The maximum atomic E-state index is 13.7. The summed E-state index contributed by atoms with van der Waals surface area (Å²) in [6.07, 6.45) is 5.14. The molecule has 0 spiro atoms. The van der Waals surface area contributed by atoms with Gasteiger partial charge in [0.25, 0.3) is 5.56 Å². The van der Waals surface area contributed by atoms with E-state index in [4.69, 9.17) is 32.7 Å². The molecule has 0 bridgehead atoms. The normalized spacial score (nSPS) is 15.8. The third-order valence-electron chi connectivity index (χ3n) is 7.37. The molecule has 1 amide bonds. The Morgan fingerprint density at radius 3 is 2.52 bits per heavy atom. The van der Waals surface area contributed by atoms with Crippen molar-refractivity contribution in [2.24, 2.45) is 0 Å². The van der Waals surface area contributed by atoms with Crippen LogP contribution in [0.2, 0.25) is 5.02 Å². The highest BCUT2D eigenvalue weighted by atomic mass is 35.5. The fourth-order valence-corrected chi connectivity index (χ4v) is 5.43. The standard InChI is InChI=1S/C32H30Cl2N6O4/c33-22-6-11-28(40-19-30(34)37-38-40)26(17-22)27-18-31(41)39(20-35-27)29(16-21-4-2-1-3-5-21)32(42)36-23-7-9-24(10-8-23)44-25-12-14-43-15-13-25/h1-11,17-20,25,29,37-38H,12-16H2,(H,36,42)/t29-/m0/s1. The fraction of sp³-hybridized carbons (Fsp3) is 0.219. The summed E-state index contributed by atoms with van der Waals surface area (Å²) in [4.78, 5) is 31.9. The van der Waals surface area contributed by atoms with Gasteiger partial charge < -0.3 is 14.8 Å². The predicted octanol–water partition coefficient (Wildman–Crippen LogP) is 5.41. The Morgan fingerprint density at radius 2 is 1.82 bits per heavy atom. The highest BCUT2D eigenvalue weighted by molar-refractivity contribution is 6.31.